The number of anilines is 4. The molecule has 4 aliphatic heterocycles. The summed E-state index contributed by atoms with van der Waals surface area (Å²) >= 11 is 0. The summed E-state index contributed by atoms with van der Waals surface area (Å²) in [6, 6.07) is 31.3. The fraction of sp³-hybridized carbons (Fsp3) is 0.283. The van der Waals surface area contributed by atoms with Gasteiger partial charge < -0.3 is 49.7 Å². The Balaban J connectivity index is 0.878. The van der Waals surface area contributed by atoms with Gasteiger partial charge in [-0.2, -0.15) is 0 Å². The molecule has 0 saturated carbocycles. The summed E-state index contributed by atoms with van der Waals surface area (Å²) in [5.74, 6) is -1.06. The van der Waals surface area contributed by atoms with Gasteiger partial charge in [0.05, 0.1) is 74.1 Å². The van der Waals surface area contributed by atoms with Gasteiger partial charge in [-0.1, -0.05) is 62.4 Å². The van der Waals surface area contributed by atoms with Gasteiger partial charge in [0.1, 0.15) is 25.9 Å². The van der Waals surface area contributed by atoms with E-state index in [1.54, 1.807) is 89.7 Å². The van der Waals surface area contributed by atoms with Crippen LogP contribution in [0.2, 0.25) is 0 Å². The third-order valence-corrected chi connectivity index (χ3v) is 14.5. The van der Waals surface area contributed by atoms with Gasteiger partial charge in [0.25, 0.3) is 11.8 Å². The summed E-state index contributed by atoms with van der Waals surface area (Å²) in [5, 5.41) is 5.42. The Morgan fingerprint density at radius 2 is 1.27 bits per heavy atom. The Labute approximate surface area is 456 Å². The summed E-state index contributed by atoms with van der Waals surface area (Å²) in [7, 11) is 4.22. The highest BCUT2D eigenvalue weighted by atomic mass is 16.6. The van der Waals surface area contributed by atoms with Crippen molar-refractivity contribution in [3.8, 4) is 23.0 Å². The van der Waals surface area contributed by atoms with Crippen LogP contribution in [0.3, 0.4) is 0 Å². The van der Waals surface area contributed by atoms with E-state index in [-0.39, 0.29) is 78.5 Å². The van der Waals surface area contributed by atoms with Gasteiger partial charge in [-0.25, -0.2) is 9.59 Å². The third-order valence-electron chi connectivity index (χ3n) is 14.5. The number of ether oxygens (including phenoxy) is 6. The lowest BCUT2D eigenvalue weighted by Crippen LogP contribution is -2.50. The van der Waals surface area contributed by atoms with Crippen molar-refractivity contribution in [3.63, 3.8) is 0 Å². The highest BCUT2D eigenvalue weighted by molar-refractivity contribution is 6.16. The SMILES string of the molecule is COC(=O)c1cc(COc2cc3c(cc2OC)C(=O)N2c4ccccc4C[C@H]2C=N3)cc(COc2cc3c(cc2OC)C(=O)N2c4ccccc4C[C@H]2CN3C(=O)OCc2ccc(NC(=O)[C@H](C)NC(=O)[C@@H](N)C(C)C)cc2)c1. The molecular weight excluding hydrogens is 1010 g/mol. The van der Waals surface area contributed by atoms with Crippen molar-refractivity contribution < 1.29 is 57.2 Å². The fourth-order valence-electron chi connectivity index (χ4n) is 10.2. The van der Waals surface area contributed by atoms with Crippen molar-refractivity contribution in [1.82, 2.24) is 5.32 Å². The van der Waals surface area contributed by atoms with Gasteiger partial charge in [0.15, 0.2) is 23.0 Å². The van der Waals surface area contributed by atoms with Crippen molar-refractivity contribution in [3.05, 3.63) is 160 Å². The largest absolute Gasteiger partial charge is 0.493 e. The number of esters is 1. The minimum absolute atomic E-state index is 0.0373. The lowest BCUT2D eigenvalue weighted by molar-refractivity contribution is -0.127. The van der Waals surface area contributed by atoms with Crippen LogP contribution in [-0.4, -0.2) is 93.9 Å². The summed E-state index contributed by atoms with van der Waals surface area (Å²) < 4.78 is 35.5. The van der Waals surface area contributed by atoms with Crippen molar-refractivity contribution >= 4 is 70.3 Å². The number of carbonyl (C=O) groups is 6. The van der Waals surface area contributed by atoms with Crippen LogP contribution < -0.4 is 50.0 Å². The molecule has 4 heterocycles. The van der Waals surface area contributed by atoms with E-state index >= 15 is 0 Å². The monoisotopic (exact) mass is 1070 g/mol. The molecule has 406 valence electrons. The Kier molecular flexibility index (Phi) is 15.1. The molecule has 5 amide bonds. The number of amides is 5. The molecule has 0 unspecified atom stereocenters. The van der Waals surface area contributed by atoms with Crippen molar-refractivity contribution in [1.29, 1.82) is 0 Å². The first kappa shape index (κ1) is 53.2. The molecule has 19 nitrogen and oxygen atoms in total. The molecular formula is C60H59N7O12. The molecule has 4 N–H and O–H groups in total. The molecule has 0 saturated heterocycles. The number of benzene rings is 6. The number of nitrogens with one attached hydrogen (secondary N) is 2. The average Bonchev–Trinajstić information content (AvgIpc) is 4.22. The zero-order valence-corrected chi connectivity index (χ0v) is 44.4. The molecule has 10 rings (SSSR count). The van der Waals surface area contributed by atoms with Crippen LogP contribution in [0.5, 0.6) is 23.0 Å². The number of fused-ring (bicyclic) bond motifs is 8. The van der Waals surface area contributed by atoms with Crippen LogP contribution in [0.1, 0.15) is 79.7 Å². The number of rotatable bonds is 16. The van der Waals surface area contributed by atoms with Crippen LogP contribution in [0, 0.1) is 5.92 Å². The summed E-state index contributed by atoms with van der Waals surface area (Å²) in [6.07, 6.45) is 2.19. The molecule has 0 fully saturated rings. The van der Waals surface area contributed by atoms with E-state index in [0.29, 0.717) is 58.0 Å². The van der Waals surface area contributed by atoms with E-state index < -0.39 is 42.0 Å². The first-order chi connectivity index (χ1) is 38.1. The van der Waals surface area contributed by atoms with E-state index in [1.165, 1.54) is 26.2 Å². The molecule has 4 atom stereocenters. The molecule has 6 aromatic rings. The van der Waals surface area contributed by atoms with Gasteiger partial charge >= 0.3 is 12.1 Å². The van der Waals surface area contributed by atoms with Gasteiger partial charge in [-0.15, -0.1) is 0 Å². The molecule has 0 aliphatic carbocycles. The van der Waals surface area contributed by atoms with Crippen LogP contribution >= 0.6 is 0 Å². The summed E-state index contributed by atoms with van der Waals surface area (Å²) in [5.41, 5.74) is 13.2. The van der Waals surface area contributed by atoms with E-state index in [9.17, 15) is 28.8 Å². The van der Waals surface area contributed by atoms with Crippen molar-refractivity contribution in [2.24, 2.45) is 16.6 Å². The maximum absolute atomic E-state index is 14.7. The molecule has 4 aliphatic rings. The smallest absolute Gasteiger partial charge is 0.414 e. The lowest BCUT2D eigenvalue weighted by Gasteiger charge is -2.26. The Bertz CT molecular complexity index is 3440. The molecule has 0 radical (unpaired) electrons. The zero-order chi connectivity index (χ0) is 55.6. The number of hydrogen-bond donors (Lipinski definition) is 3. The second-order valence-corrected chi connectivity index (χ2v) is 20.0. The summed E-state index contributed by atoms with van der Waals surface area (Å²) in [4.78, 5) is 91.3. The van der Waals surface area contributed by atoms with Gasteiger partial charge in [-0.3, -0.25) is 34.0 Å². The molecule has 0 aromatic heterocycles. The van der Waals surface area contributed by atoms with E-state index in [0.717, 1.165) is 22.5 Å². The number of hydrogen-bond acceptors (Lipinski definition) is 14. The number of nitrogens with zero attached hydrogens (tertiary/aromatic N) is 4. The minimum atomic E-state index is -0.847. The van der Waals surface area contributed by atoms with E-state index in [4.69, 9.17) is 39.1 Å². The Morgan fingerprint density at radius 3 is 1.91 bits per heavy atom. The standard InChI is InChI=1S/C60H59N7O12/c1-33(2)54(61)56(69)63-34(3)55(68)64-41-17-15-35(16-18-41)30-79-60(73)65-29-43-23-39-12-8-10-14-48(39)67(43)58(71)45-25-51(75-5)53(27-49(45)65)78-32-37-19-36(20-40(21-37)59(72)76-6)31-77-52-26-46-44(24-50(52)74-4)57(70)66-42(28-62-46)22-38-11-7-9-13-47(38)66/h7-21,24-28,33-34,42-43,54H,22-23,29-32,61H2,1-6H3,(H,63,69)(H,64,68)/t34-,42-,43-,54-/m0/s1. The van der Waals surface area contributed by atoms with E-state index in [1.807, 2.05) is 62.4 Å². The Morgan fingerprint density at radius 1 is 0.658 bits per heavy atom. The molecule has 6 aromatic carbocycles. The van der Waals surface area contributed by atoms with Gasteiger partial charge in [0, 0.05) is 41.8 Å². The topological polar surface area (TPSA) is 230 Å². The van der Waals surface area contributed by atoms with Gasteiger partial charge in [-0.05, 0) is 102 Å². The fourth-order valence-corrected chi connectivity index (χ4v) is 10.2. The average molecular weight is 1070 g/mol. The third kappa shape index (κ3) is 10.8. The van der Waals surface area contributed by atoms with E-state index in [2.05, 4.69) is 10.6 Å². The number of nitrogens with two attached hydrogens (primary N) is 1. The predicted molar refractivity (Wildman–Crippen MR) is 295 cm³/mol. The molecule has 19 heteroatoms. The zero-order valence-electron chi connectivity index (χ0n) is 44.4. The van der Waals surface area contributed by atoms with Crippen LogP contribution in [0.4, 0.5) is 33.2 Å². The highest BCUT2D eigenvalue weighted by Gasteiger charge is 2.43. The number of para-hydroxylation sites is 2. The maximum atomic E-state index is 14.7. The quantitative estimate of drug-likeness (QED) is 0.0780. The number of methoxy groups -OCH3 is 3. The first-order valence-corrected chi connectivity index (χ1v) is 25.8. The summed E-state index contributed by atoms with van der Waals surface area (Å²) in [6.45, 7) is 4.99. The normalized spacial score (nSPS) is 16.4. The van der Waals surface area contributed by atoms with Crippen LogP contribution in [0.25, 0.3) is 0 Å². The number of carbonyl (C=O) groups excluding carboxylic acids is 6. The lowest BCUT2D eigenvalue weighted by atomic mass is 10.0. The second-order valence-electron chi connectivity index (χ2n) is 20.0. The maximum Gasteiger partial charge on any atom is 0.414 e. The first-order valence-electron chi connectivity index (χ1n) is 25.8. The van der Waals surface area contributed by atoms with Crippen molar-refractivity contribution in [2.45, 2.75) is 77.6 Å². The Hall–Kier alpha value is -9.23. The van der Waals surface area contributed by atoms with Crippen LogP contribution in [-0.2, 0) is 51.7 Å². The molecule has 0 spiro atoms. The second kappa shape index (κ2) is 22.4. The molecule has 0 bridgehead atoms. The predicted octanol–water partition coefficient (Wildman–Crippen LogP) is 8.09. The number of aliphatic imine (C=N–C) groups is 1. The van der Waals surface area contributed by atoms with Crippen molar-refractivity contribution in [2.75, 3.05) is 47.9 Å². The van der Waals surface area contributed by atoms with Gasteiger partial charge in [0.2, 0.25) is 11.8 Å². The molecule has 79 heavy (non-hydrogen) atoms. The highest BCUT2D eigenvalue weighted by Crippen LogP contribution is 2.44. The minimum Gasteiger partial charge on any atom is -0.493 e. The van der Waals surface area contributed by atoms with Crippen LogP contribution in [0.15, 0.2) is 120 Å².